The summed E-state index contributed by atoms with van der Waals surface area (Å²) in [5.74, 6) is 0.682. The third-order valence-electron chi connectivity index (χ3n) is 4.77. The molecule has 0 saturated carbocycles. The predicted molar refractivity (Wildman–Crippen MR) is 121 cm³/mol. The predicted octanol–water partition coefficient (Wildman–Crippen LogP) is 5.09. The summed E-state index contributed by atoms with van der Waals surface area (Å²) >= 11 is 0. The summed E-state index contributed by atoms with van der Waals surface area (Å²) in [4.78, 5) is 24.3. The minimum Gasteiger partial charge on any atom is -0.496 e. The summed E-state index contributed by atoms with van der Waals surface area (Å²) in [7, 11) is 2.95. The molecule has 0 aliphatic rings. The van der Waals surface area contributed by atoms with Gasteiger partial charge in [-0.05, 0) is 55.5 Å². The van der Waals surface area contributed by atoms with E-state index in [1.54, 1.807) is 27.9 Å². The van der Waals surface area contributed by atoms with Crippen LogP contribution < -0.4 is 10.1 Å². The van der Waals surface area contributed by atoms with Gasteiger partial charge in [0.1, 0.15) is 17.4 Å². The Hall–Kier alpha value is -3.02. The van der Waals surface area contributed by atoms with Crippen LogP contribution in [-0.4, -0.2) is 37.9 Å². The quantitative estimate of drug-likeness (QED) is 0.623. The summed E-state index contributed by atoms with van der Waals surface area (Å²) in [6, 6.07) is 13.2. The number of hydrogen-bond acceptors (Lipinski definition) is 5. The first-order valence-corrected chi connectivity index (χ1v) is 10.4. The fraction of sp³-hybridized carbons (Fsp3) is 0.440. The third-order valence-corrected chi connectivity index (χ3v) is 4.77. The number of ether oxygens (including phenoxy) is 3. The number of alkyl carbamates (subject to hydrolysis) is 1. The molecule has 1 amide bonds. The molecule has 1 N–H and O–H groups in total. The van der Waals surface area contributed by atoms with Crippen molar-refractivity contribution in [2.45, 2.75) is 58.6 Å². The molecule has 2 aromatic carbocycles. The van der Waals surface area contributed by atoms with Gasteiger partial charge in [-0.15, -0.1) is 0 Å². The molecule has 0 aliphatic carbocycles. The number of carbonyl (C=O) groups is 2. The number of amides is 1. The molecule has 1 atom stereocenters. The van der Waals surface area contributed by atoms with Crippen molar-refractivity contribution >= 4 is 12.1 Å². The zero-order chi connectivity index (χ0) is 23.2. The zero-order valence-corrected chi connectivity index (χ0v) is 19.4. The normalized spacial score (nSPS) is 12.3. The minimum absolute atomic E-state index is 0.287. The van der Waals surface area contributed by atoms with Crippen LogP contribution in [0.1, 0.15) is 51.7 Å². The molecular formula is C25H33NO5. The van der Waals surface area contributed by atoms with Crippen LogP contribution in [0.4, 0.5) is 4.79 Å². The molecule has 0 radical (unpaired) electrons. The SMILES string of the molecule is COC(=O)[C@H](Cc1ccc(-c2cc(C(C)C)ccc2OC)cc1)NC(=O)OC(C)(C)C. The first-order valence-electron chi connectivity index (χ1n) is 10.4. The van der Waals surface area contributed by atoms with E-state index in [0.29, 0.717) is 5.92 Å². The topological polar surface area (TPSA) is 73.9 Å². The van der Waals surface area contributed by atoms with Crippen LogP contribution in [0.3, 0.4) is 0 Å². The minimum atomic E-state index is -0.843. The van der Waals surface area contributed by atoms with Gasteiger partial charge >= 0.3 is 12.1 Å². The molecule has 0 saturated heterocycles. The van der Waals surface area contributed by atoms with Gasteiger partial charge in [0.05, 0.1) is 14.2 Å². The number of esters is 1. The Kier molecular flexibility index (Phi) is 8.08. The molecule has 168 valence electrons. The maximum Gasteiger partial charge on any atom is 0.408 e. The standard InChI is InChI=1S/C25H33NO5/c1-16(2)19-12-13-22(29-6)20(15-19)18-10-8-17(9-11-18)14-21(23(27)30-7)26-24(28)31-25(3,4)5/h8-13,15-16,21H,14H2,1-7H3,(H,26,28)/t21-/m0/s1. The fourth-order valence-electron chi connectivity index (χ4n) is 3.15. The van der Waals surface area contributed by atoms with Crippen molar-refractivity contribution in [1.29, 1.82) is 0 Å². The van der Waals surface area contributed by atoms with Gasteiger partial charge in [0.2, 0.25) is 0 Å². The molecule has 0 aromatic heterocycles. The molecule has 31 heavy (non-hydrogen) atoms. The van der Waals surface area contributed by atoms with Crippen LogP contribution in [0.15, 0.2) is 42.5 Å². The average Bonchev–Trinajstić information content (AvgIpc) is 2.71. The second kappa shape index (κ2) is 10.3. The van der Waals surface area contributed by atoms with E-state index in [9.17, 15) is 9.59 Å². The summed E-state index contributed by atoms with van der Waals surface area (Å²) in [6.45, 7) is 9.60. The fourth-order valence-corrected chi connectivity index (χ4v) is 3.15. The van der Waals surface area contributed by atoms with Gasteiger partial charge in [0.25, 0.3) is 0 Å². The highest BCUT2D eigenvalue weighted by Gasteiger charge is 2.25. The highest BCUT2D eigenvalue weighted by Crippen LogP contribution is 2.33. The molecule has 0 heterocycles. The second-order valence-corrected chi connectivity index (χ2v) is 8.74. The monoisotopic (exact) mass is 427 g/mol. The first-order chi connectivity index (χ1) is 14.5. The Bertz CT molecular complexity index is 897. The second-order valence-electron chi connectivity index (χ2n) is 8.74. The summed E-state index contributed by atoms with van der Waals surface area (Å²) in [5.41, 5.74) is 3.48. The van der Waals surface area contributed by atoms with Crippen LogP contribution in [-0.2, 0) is 20.7 Å². The largest absolute Gasteiger partial charge is 0.496 e. The summed E-state index contributed by atoms with van der Waals surface area (Å²) in [6.07, 6.45) is -0.371. The molecule has 2 aromatic rings. The van der Waals surface area contributed by atoms with Gasteiger partial charge in [-0.25, -0.2) is 9.59 Å². The number of hydrogen-bond donors (Lipinski definition) is 1. The van der Waals surface area contributed by atoms with Gasteiger partial charge in [-0.2, -0.15) is 0 Å². The lowest BCUT2D eigenvalue weighted by atomic mass is 9.95. The Morgan fingerprint density at radius 1 is 1.00 bits per heavy atom. The van der Waals surface area contributed by atoms with Gasteiger partial charge < -0.3 is 19.5 Å². The number of nitrogens with one attached hydrogen (secondary N) is 1. The first kappa shape index (κ1) is 24.3. The zero-order valence-electron chi connectivity index (χ0n) is 19.4. The van der Waals surface area contributed by atoms with Crippen molar-refractivity contribution in [1.82, 2.24) is 5.32 Å². The lowest BCUT2D eigenvalue weighted by Crippen LogP contribution is -2.45. The molecule has 6 heteroatoms. The van der Waals surface area contributed by atoms with E-state index in [2.05, 4.69) is 31.3 Å². The molecule has 6 nitrogen and oxygen atoms in total. The number of benzene rings is 2. The van der Waals surface area contributed by atoms with E-state index in [0.717, 1.165) is 22.4 Å². The van der Waals surface area contributed by atoms with Crippen molar-refractivity contribution in [3.8, 4) is 16.9 Å². The average molecular weight is 428 g/mol. The van der Waals surface area contributed by atoms with E-state index in [4.69, 9.17) is 14.2 Å². The highest BCUT2D eigenvalue weighted by molar-refractivity contribution is 5.81. The molecule has 2 rings (SSSR count). The van der Waals surface area contributed by atoms with Gasteiger partial charge in [0, 0.05) is 12.0 Å². The molecular weight excluding hydrogens is 394 g/mol. The Labute approximate surface area is 184 Å². The highest BCUT2D eigenvalue weighted by atomic mass is 16.6. The maximum atomic E-state index is 12.2. The molecule has 0 bridgehead atoms. The van der Waals surface area contributed by atoms with E-state index >= 15 is 0 Å². The van der Waals surface area contributed by atoms with Crippen molar-refractivity contribution in [3.05, 3.63) is 53.6 Å². The van der Waals surface area contributed by atoms with Crippen LogP contribution in [0.5, 0.6) is 5.75 Å². The molecule has 0 aliphatic heterocycles. The van der Waals surface area contributed by atoms with E-state index in [1.165, 1.54) is 12.7 Å². The summed E-state index contributed by atoms with van der Waals surface area (Å²) < 4.78 is 15.6. The van der Waals surface area contributed by atoms with Gasteiger partial charge in [0.15, 0.2) is 0 Å². The van der Waals surface area contributed by atoms with Crippen LogP contribution in [0.2, 0.25) is 0 Å². The number of carbonyl (C=O) groups excluding carboxylic acids is 2. The molecule has 0 unspecified atom stereocenters. The van der Waals surface area contributed by atoms with Gasteiger partial charge in [-0.3, -0.25) is 0 Å². The Morgan fingerprint density at radius 3 is 2.16 bits per heavy atom. The van der Waals surface area contributed by atoms with Crippen molar-refractivity contribution in [2.75, 3.05) is 14.2 Å². The van der Waals surface area contributed by atoms with E-state index in [1.807, 2.05) is 30.3 Å². The maximum absolute atomic E-state index is 12.2. The third kappa shape index (κ3) is 7.02. The van der Waals surface area contributed by atoms with Crippen molar-refractivity contribution in [2.24, 2.45) is 0 Å². The number of rotatable bonds is 7. The van der Waals surface area contributed by atoms with Crippen molar-refractivity contribution < 1.29 is 23.8 Å². The number of methoxy groups -OCH3 is 2. The van der Waals surface area contributed by atoms with Crippen LogP contribution in [0.25, 0.3) is 11.1 Å². The molecule has 0 spiro atoms. The Morgan fingerprint density at radius 2 is 1.65 bits per heavy atom. The molecule has 0 fully saturated rings. The van der Waals surface area contributed by atoms with Crippen molar-refractivity contribution in [3.63, 3.8) is 0 Å². The smallest absolute Gasteiger partial charge is 0.408 e. The lowest BCUT2D eigenvalue weighted by Gasteiger charge is -2.22. The van der Waals surface area contributed by atoms with E-state index < -0.39 is 23.7 Å². The van der Waals surface area contributed by atoms with E-state index in [-0.39, 0.29) is 6.42 Å². The lowest BCUT2D eigenvalue weighted by molar-refractivity contribution is -0.143. The van der Waals surface area contributed by atoms with Gasteiger partial charge in [-0.1, -0.05) is 44.2 Å². The summed E-state index contributed by atoms with van der Waals surface area (Å²) in [5, 5.41) is 2.60. The van der Waals surface area contributed by atoms with Crippen LogP contribution >= 0.6 is 0 Å². The van der Waals surface area contributed by atoms with Crippen LogP contribution in [0, 0.1) is 0 Å². The Balaban J connectivity index is 2.22.